The predicted octanol–water partition coefficient (Wildman–Crippen LogP) is 6.58. The van der Waals surface area contributed by atoms with Crippen LogP contribution in [-0.4, -0.2) is 31.8 Å². The van der Waals surface area contributed by atoms with E-state index in [9.17, 15) is 13.2 Å². The maximum atomic E-state index is 13.3. The van der Waals surface area contributed by atoms with Crippen LogP contribution in [0, 0.1) is 5.92 Å². The molecular weight excluding hydrogens is 582 g/mol. The molecule has 0 spiro atoms. The Morgan fingerprint density at radius 1 is 0.941 bits per heavy atom. The molecule has 1 aliphatic heterocycles. The number of ether oxygens (including phenoxy) is 1. The molecule has 5 nitrogen and oxygen atoms in total. The lowest BCUT2D eigenvalue weighted by molar-refractivity contribution is 0.0377. The van der Waals surface area contributed by atoms with E-state index in [4.69, 9.17) is 4.74 Å². The van der Waals surface area contributed by atoms with Crippen LogP contribution in [0.2, 0.25) is 0 Å². The predicted molar refractivity (Wildman–Crippen MR) is 139 cm³/mol. The molecule has 0 radical (unpaired) electrons. The zero-order valence-electron chi connectivity index (χ0n) is 18.7. The van der Waals surface area contributed by atoms with E-state index in [1.165, 1.54) is 10.4 Å². The Labute approximate surface area is 217 Å². The summed E-state index contributed by atoms with van der Waals surface area (Å²) >= 11 is 6.84. The third-order valence-electron chi connectivity index (χ3n) is 6.01. The highest BCUT2D eigenvalue weighted by Gasteiger charge is 2.31. The maximum Gasteiger partial charge on any atom is 0.339 e. The molecule has 178 valence electrons. The van der Waals surface area contributed by atoms with E-state index >= 15 is 0 Å². The summed E-state index contributed by atoms with van der Waals surface area (Å²) in [6, 6.07) is 21.6. The molecular formula is C26H25Br2NO4S. The van der Waals surface area contributed by atoms with Crippen LogP contribution in [0.25, 0.3) is 0 Å². The second kappa shape index (κ2) is 10.7. The van der Waals surface area contributed by atoms with Gasteiger partial charge in [0.05, 0.1) is 10.5 Å². The van der Waals surface area contributed by atoms with Crippen LogP contribution in [0.5, 0.6) is 0 Å². The second-order valence-corrected chi connectivity index (χ2v) is 12.2. The number of halogens is 2. The molecule has 0 aromatic heterocycles. The zero-order valence-corrected chi connectivity index (χ0v) is 22.6. The fraction of sp³-hybridized carbons (Fsp3) is 0.269. The van der Waals surface area contributed by atoms with Crippen molar-refractivity contribution >= 4 is 47.9 Å². The molecule has 4 rings (SSSR count). The molecule has 1 fully saturated rings. The number of sulfonamides is 1. The number of rotatable bonds is 6. The van der Waals surface area contributed by atoms with Gasteiger partial charge in [-0.05, 0) is 76.1 Å². The van der Waals surface area contributed by atoms with E-state index in [0.717, 1.165) is 28.4 Å². The first-order chi connectivity index (χ1) is 16.3. The molecule has 1 aliphatic rings. The van der Waals surface area contributed by atoms with E-state index in [-0.39, 0.29) is 10.5 Å². The number of carbonyl (C=O) groups excluding carboxylic acids is 1. The molecule has 1 saturated heterocycles. The van der Waals surface area contributed by atoms with E-state index in [2.05, 4.69) is 38.8 Å². The van der Waals surface area contributed by atoms with Crippen LogP contribution < -0.4 is 0 Å². The number of hydrogen-bond acceptors (Lipinski definition) is 4. The molecule has 3 aromatic carbocycles. The van der Waals surface area contributed by atoms with E-state index in [0.29, 0.717) is 23.5 Å². The van der Waals surface area contributed by atoms with E-state index < -0.39 is 22.1 Å². The summed E-state index contributed by atoms with van der Waals surface area (Å²) in [6.07, 6.45) is 1.01. The molecule has 1 atom stereocenters. The summed E-state index contributed by atoms with van der Waals surface area (Å²) in [4.78, 5) is 13.3. The Bertz CT molecular complexity index is 1270. The van der Waals surface area contributed by atoms with Crippen molar-refractivity contribution in [3.63, 3.8) is 0 Å². The van der Waals surface area contributed by atoms with Crippen molar-refractivity contribution < 1.29 is 17.9 Å². The number of esters is 1. The molecule has 34 heavy (non-hydrogen) atoms. The minimum absolute atomic E-state index is 0.0789. The molecule has 3 aromatic rings. The Morgan fingerprint density at radius 3 is 2.29 bits per heavy atom. The summed E-state index contributed by atoms with van der Waals surface area (Å²) in [5, 5.41) is 0. The van der Waals surface area contributed by atoms with Gasteiger partial charge in [0.25, 0.3) is 0 Å². The van der Waals surface area contributed by atoms with E-state index in [1.54, 1.807) is 12.1 Å². The topological polar surface area (TPSA) is 63.7 Å². The molecule has 8 heteroatoms. The summed E-state index contributed by atoms with van der Waals surface area (Å²) in [5.41, 5.74) is 1.81. The number of hydrogen-bond donors (Lipinski definition) is 0. The first-order valence-electron chi connectivity index (χ1n) is 11.1. The number of carbonyl (C=O) groups is 1. The van der Waals surface area contributed by atoms with Crippen molar-refractivity contribution in [1.29, 1.82) is 0 Å². The summed E-state index contributed by atoms with van der Waals surface area (Å²) in [5.74, 6) is -0.0887. The van der Waals surface area contributed by atoms with Gasteiger partial charge in [0, 0.05) is 22.0 Å². The first-order valence-corrected chi connectivity index (χ1v) is 14.1. The van der Waals surface area contributed by atoms with Crippen LogP contribution in [-0.2, 0) is 14.8 Å². The van der Waals surface area contributed by atoms with E-state index in [1.807, 2.05) is 54.6 Å². The van der Waals surface area contributed by atoms with Gasteiger partial charge in [0.2, 0.25) is 10.0 Å². The first kappa shape index (κ1) is 25.1. The van der Waals surface area contributed by atoms with Gasteiger partial charge in [-0.2, -0.15) is 4.31 Å². The van der Waals surface area contributed by atoms with Crippen molar-refractivity contribution in [3.05, 3.63) is 98.4 Å². The van der Waals surface area contributed by atoms with Gasteiger partial charge >= 0.3 is 5.97 Å². The van der Waals surface area contributed by atoms with Gasteiger partial charge in [-0.1, -0.05) is 65.3 Å². The van der Waals surface area contributed by atoms with Crippen LogP contribution in [0.3, 0.4) is 0 Å². The summed E-state index contributed by atoms with van der Waals surface area (Å²) < 4.78 is 35.4. The Balaban J connectivity index is 1.64. The lowest BCUT2D eigenvalue weighted by Crippen LogP contribution is -2.38. The van der Waals surface area contributed by atoms with Gasteiger partial charge in [-0.15, -0.1) is 0 Å². The maximum absolute atomic E-state index is 13.3. The lowest BCUT2D eigenvalue weighted by atomic mass is 10.0. The highest BCUT2D eigenvalue weighted by atomic mass is 79.9. The molecule has 0 N–H and O–H groups in total. The monoisotopic (exact) mass is 605 g/mol. The number of benzene rings is 3. The van der Waals surface area contributed by atoms with Crippen LogP contribution in [0.1, 0.15) is 47.4 Å². The summed E-state index contributed by atoms with van der Waals surface area (Å²) in [7, 11) is -3.74. The lowest BCUT2D eigenvalue weighted by Gasteiger charge is -2.29. The second-order valence-electron chi connectivity index (χ2n) is 8.48. The van der Waals surface area contributed by atoms with Crippen molar-refractivity contribution in [2.45, 2.75) is 30.8 Å². The standard InChI is InChI=1S/C26H25Br2NO4S/c1-18-12-14-29(15-13-18)34(31,32)24-17-21(10-11-23(24)28)26(30)33-25(19-6-3-2-4-7-19)20-8-5-9-22(27)16-20/h2-11,16-18,25H,12-15H2,1H3. The normalized spacial score (nSPS) is 16.2. The van der Waals surface area contributed by atoms with Crippen molar-refractivity contribution in [2.24, 2.45) is 5.92 Å². The highest BCUT2D eigenvalue weighted by molar-refractivity contribution is 9.10. The molecule has 0 aliphatic carbocycles. The van der Waals surface area contributed by atoms with Crippen LogP contribution in [0.15, 0.2) is 86.6 Å². The molecule has 1 heterocycles. The SMILES string of the molecule is CC1CCN(S(=O)(=O)c2cc(C(=O)OC(c3ccccc3)c3cccc(Br)c3)ccc2Br)CC1. The van der Waals surface area contributed by atoms with Gasteiger partial charge in [0.1, 0.15) is 0 Å². The third-order valence-corrected chi connectivity index (χ3v) is 9.39. The molecule has 0 amide bonds. The fourth-order valence-corrected chi connectivity index (χ4v) is 6.83. The number of piperidine rings is 1. The molecule has 0 bridgehead atoms. The minimum atomic E-state index is -3.74. The van der Waals surface area contributed by atoms with Crippen LogP contribution >= 0.6 is 31.9 Å². The number of nitrogens with zero attached hydrogens (tertiary/aromatic N) is 1. The molecule has 1 unspecified atom stereocenters. The third kappa shape index (κ3) is 5.62. The Morgan fingerprint density at radius 2 is 1.62 bits per heavy atom. The van der Waals surface area contributed by atoms with Gasteiger partial charge in [-0.25, -0.2) is 13.2 Å². The smallest absolute Gasteiger partial charge is 0.339 e. The average Bonchev–Trinajstić information content (AvgIpc) is 2.83. The quantitative estimate of drug-likeness (QED) is 0.297. The Hall–Kier alpha value is -2.00. The van der Waals surface area contributed by atoms with Crippen molar-refractivity contribution in [3.8, 4) is 0 Å². The summed E-state index contributed by atoms with van der Waals surface area (Å²) in [6.45, 7) is 3.08. The van der Waals surface area contributed by atoms with Gasteiger partial charge in [0.15, 0.2) is 6.10 Å². The van der Waals surface area contributed by atoms with Gasteiger partial charge < -0.3 is 4.74 Å². The fourth-order valence-electron chi connectivity index (χ4n) is 3.99. The molecule has 0 saturated carbocycles. The van der Waals surface area contributed by atoms with Crippen molar-refractivity contribution in [1.82, 2.24) is 4.31 Å². The van der Waals surface area contributed by atoms with Gasteiger partial charge in [-0.3, -0.25) is 0 Å². The Kier molecular flexibility index (Phi) is 7.92. The minimum Gasteiger partial charge on any atom is -0.449 e. The highest BCUT2D eigenvalue weighted by Crippen LogP contribution is 2.32. The average molecular weight is 607 g/mol. The zero-order chi connectivity index (χ0) is 24.3. The largest absolute Gasteiger partial charge is 0.449 e. The van der Waals surface area contributed by atoms with Crippen molar-refractivity contribution in [2.75, 3.05) is 13.1 Å². The van der Waals surface area contributed by atoms with Crippen LogP contribution in [0.4, 0.5) is 0 Å².